The fourth-order valence-corrected chi connectivity index (χ4v) is 3.44. The Balaban J connectivity index is 1.46. The van der Waals surface area contributed by atoms with E-state index >= 15 is 0 Å². The van der Waals surface area contributed by atoms with Crippen molar-refractivity contribution in [3.05, 3.63) is 77.6 Å². The van der Waals surface area contributed by atoms with Crippen molar-refractivity contribution in [2.75, 3.05) is 5.43 Å². The predicted molar refractivity (Wildman–Crippen MR) is 114 cm³/mol. The highest BCUT2D eigenvalue weighted by atomic mass is 19.1. The first-order valence-electron chi connectivity index (χ1n) is 9.35. The Kier molecular flexibility index (Phi) is 4.24. The maximum Gasteiger partial charge on any atom is 0.197 e. The van der Waals surface area contributed by atoms with Gasteiger partial charge in [-0.2, -0.15) is 10.2 Å². The van der Waals surface area contributed by atoms with Gasteiger partial charge in [-0.15, -0.1) is 0 Å². The molecule has 0 aliphatic rings. The summed E-state index contributed by atoms with van der Waals surface area (Å²) in [4.78, 5) is 8.58. The van der Waals surface area contributed by atoms with Gasteiger partial charge in [-0.25, -0.2) is 19.0 Å². The third kappa shape index (κ3) is 2.98. The van der Waals surface area contributed by atoms with Crippen LogP contribution in [0.25, 0.3) is 27.8 Å². The van der Waals surface area contributed by atoms with E-state index in [0.717, 1.165) is 39.1 Å². The van der Waals surface area contributed by atoms with E-state index in [9.17, 15) is 4.39 Å². The summed E-state index contributed by atoms with van der Waals surface area (Å²) in [6, 6.07) is 13.9. The molecule has 0 bridgehead atoms. The van der Waals surface area contributed by atoms with E-state index < -0.39 is 0 Å². The lowest BCUT2D eigenvalue weighted by Crippen LogP contribution is -2.00. The first kappa shape index (κ1) is 18.0. The summed E-state index contributed by atoms with van der Waals surface area (Å²) in [6.07, 6.45) is 3.17. The van der Waals surface area contributed by atoms with Crippen LogP contribution < -0.4 is 5.43 Å². The average molecular weight is 400 g/mol. The molecule has 0 amide bonds. The number of halogens is 1. The number of para-hydroxylation sites is 1. The number of anilines is 1. The normalized spacial score (nSPS) is 11.7. The van der Waals surface area contributed by atoms with E-state index in [1.54, 1.807) is 23.0 Å². The molecule has 0 atom stereocenters. The third-order valence-electron chi connectivity index (χ3n) is 4.94. The van der Waals surface area contributed by atoms with Gasteiger partial charge in [0.25, 0.3) is 0 Å². The number of aromatic nitrogens is 4. The number of nitrogens with zero attached hydrogens (tertiary/aromatic N) is 5. The van der Waals surface area contributed by atoms with Gasteiger partial charge in [-0.1, -0.05) is 12.1 Å². The van der Waals surface area contributed by atoms with Gasteiger partial charge in [0.2, 0.25) is 0 Å². The van der Waals surface area contributed by atoms with E-state index in [0.29, 0.717) is 11.4 Å². The molecular formula is C22H17FN6O. The Morgan fingerprint density at radius 3 is 2.70 bits per heavy atom. The summed E-state index contributed by atoms with van der Waals surface area (Å²) in [5, 5.41) is 9.81. The minimum Gasteiger partial charge on any atom is -0.450 e. The third-order valence-corrected chi connectivity index (χ3v) is 4.94. The molecule has 1 N–H and O–H groups in total. The average Bonchev–Trinajstić information content (AvgIpc) is 3.27. The van der Waals surface area contributed by atoms with Gasteiger partial charge in [0.05, 0.1) is 23.3 Å². The molecule has 5 aromatic rings. The summed E-state index contributed by atoms with van der Waals surface area (Å²) in [7, 11) is 0. The van der Waals surface area contributed by atoms with Crippen LogP contribution in [0.5, 0.6) is 0 Å². The van der Waals surface area contributed by atoms with Crippen LogP contribution in [-0.4, -0.2) is 26.0 Å². The second-order valence-corrected chi connectivity index (χ2v) is 6.84. The Morgan fingerprint density at radius 1 is 1.07 bits per heavy atom. The monoisotopic (exact) mass is 400 g/mol. The fraction of sp³-hybridized carbons (Fsp3) is 0.0909. The zero-order valence-electron chi connectivity index (χ0n) is 16.3. The van der Waals surface area contributed by atoms with Crippen molar-refractivity contribution in [1.82, 2.24) is 19.7 Å². The number of nitrogens with one attached hydrogen (secondary N) is 1. The van der Waals surface area contributed by atoms with Crippen LogP contribution in [0.15, 0.2) is 64.4 Å². The fourth-order valence-electron chi connectivity index (χ4n) is 3.44. The molecule has 8 heteroatoms. The molecule has 0 fully saturated rings. The number of furan rings is 1. The number of fused-ring (bicyclic) bond motifs is 3. The highest BCUT2D eigenvalue weighted by molar-refractivity contribution is 6.05. The molecule has 148 valence electrons. The summed E-state index contributed by atoms with van der Waals surface area (Å²) >= 11 is 0. The maximum absolute atomic E-state index is 13.2. The number of hydrogen-bond acceptors (Lipinski definition) is 6. The van der Waals surface area contributed by atoms with Gasteiger partial charge >= 0.3 is 0 Å². The Morgan fingerprint density at radius 2 is 1.87 bits per heavy atom. The van der Waals surface area contributed by atoms with E-state index in [2.05, 4.69) is 25.6 Å². The van der Waals surface area contributed by atoms with Gasteiger partial charge in [0.1, 0.15) is 23.2 Å². The maximum atomic E-state index is 13.2. The Hall–Kier alpha value is -4.07. The van der Waals surface area contributed by atoms with Crippen molar-refractivity contribution in [3.63, 3.8) is 0 Å². The minimum atomic E-state index is -0.284. The molecule has 30 heavy (non-hydrogen) atoms. The smallest absolute Gasteiger partial charge is 0.197 e. The van der Waals surface area contributed by atoms with Crippen molar-refractivity contribution < 1.29 is 8.81 Å². The van der Waals surface area contributed by atoms with E-state index in [1.807, 2.05) is 38.1 Å². The minimum absolute atomic E-state index is 0.284. The van der Waals surface area contributed by atoms with Gasteiger partial charge in [0, 0.05) is 10.9 Å². The van der Waals surface area contributed by atoms with Crippen LogP contribution in [0.1, 0.15) is 17.0 Å². The molecule has 0 aliphatic carbocycles. The molecule has 0 spiro atoms. The van der Waals surface area contributed by atoms with E-state index in [4.69, 9.17) is 4.42 Å². The quantitative estimate of drug-likeness (QED) is 0.347. The molecule has 3 heterocycles. The van der Waals surface area contributed by atoms with Crippen molar-refractivity contribution in [2.24, 2.45) is 5.10 Å². The number of aryl methyl sites for hydroxylation is 1. The zero-order valence-corrected chi connectivity index (χ0v) is 16.3. The highest BCUT2D eigenvalue weighted by Gasteiger charge is 2.13. The topological polar surface area (TPSA) is 81.1 Å². The van der Waals surface area contributed by atoms with Gasteiger partial charge in [-0.05, 0) is 50.2 Å². The summed E-state index contributed by atoms with van der Waals surface area (Å²) in [6.45, 7) is 3.84. The molecule has 0 aliphatic heterocycles. The number of rotatable bonds is 4. The largest absolute Gasteiger partial charge is 0.450 e. The first-order valence-corrected chi connectivity index (χ1v) is 9.35. The number of hydrogen-bond donors (Lipinski definition) is 1. The molecule has 0 saturated carbocycles. The molecule has 0 saturated heterocycles. The molecular weight excluding hydrogens is 383 g/mol. The van der Waals surface area contributed by atoms with Crippen molar-refractivity contribution in [1.29, 1.82) is 0 Å². The van der Waals surface area contributed by atoms with Crippen molar-refractivity contribution in [2.45, 2.75) is 13.8 Å². The Labute approximate surface area is 170 Å². The number of hydrazone groups is 1. The molecule has 0 radical (unpaired) electrons. The predicted octanol–water partition coefficient (Wildman–Crippen LogP) is 4.76. The number of benzene rings is 2. The lowest BCUT2D eigenvalue weighted by Gasteiger charge is -2.04. The van der Waals surface area contributed by atoms with Crippen LogP contribution >= 0.6 is 0 Å². The van der Waals surface area contributed by atoms with Crippen LogP contribution in [0, 0.1) is 19.7 Å². The molecule has 7 nitrogen and oxygen atoms in total. The van der Waals surface area contributed by atoms with Crippen LogP contribution in [0.3, 0.4) is 0 Å². The Bertz CT molecular complexity index is 1400. The molecule has 0 unspecified atom stereocenters. The lowest BCUT2D eigenvalue weighted by molar-refractivity contribution is 0.627. The van der Waals surface area contributed by atoms with Gasteiger partial charge in [0.15, 0.2) is 11.4 Å². The van der Waals surface area contributed by atoms with Crippen molar-refractivity contribution >= 4 is 34.1 Å². The standard InChI is InChI=1S/C22H17FN6O/c1-13-18(14(2)29(28-13)16-9-7-15(23)8-10-16)11-26-27-22-21-20(24-12-25-22)17-5-3-4-6-19(17)30-21/h3-12H,1-2H3,(H,24,25,27)/b26-11-. The van der Waals surface area contributed by atoms with E-state index in [1.165, 1.54) is 18.5 Å². The second kappa shape index (κ2) is 7.07. The first-order chi connectivity index (χ1) is 14.6. The molecule has 5 rings (SSSR count). The van der Waals surface area contributed by atoms with Crippen molar-refractivity contribution in [3.8, 4) is 5.69 Å². The van der Waals surface area contributed by atoms with E-state index in [-0.39, 0.29) is 5.82 Å². The summed E-state index contributed by atoms with van der Waals surface area (Å²) in [5.74, 6) is 0.196. The van der Waals surface area contributed by atoms with Crippen LogP contribution in [0.4, 0.5) is 10.2 Å². The van der Waals surface area contributed by atoms with Gasteiger partial charge in [-0.3, -0.25) is 5.43 Å². The highest BCUT2D eigenvalue weighted by Crippen LogP contribution is 2.30. The van der Waals surface area contributed by atoms with Crippen LogP contribution in [0.2, 0.25) is 0 Å². The SMILES string of the molecule is Cc1nn(-c2ccc(F)cc2)c(C)c1/C=N\Nc1ncnc2c1oc1ccccc12. The van der Waals surface area contributed by atoms with Gasteiger partial charge < -0.3 is 4.42 Å². The molecule has 3 aromatic heterocycles. The lowest BCUT2D eigenvalue weighted by atomic mass is 10.2. The van der Waals surface area contributed by atoms with Crippen LogP contribution in [-0.2, 0) is 0 Å². The summed E-state index contributed by atoms with van der Waals surface area (Å²) < 4.78 is 20.9. The molecule has 2 aromatic carbocycles. The second-order valence-electron chi connectivity index (χ2n) is 6.84. The zero-order chi connectivity index (χ0) is 20.7. The summed E-state index contributed by atoms with van der Waals surface area (Å²) in [5.41, 5.74) is 8.31.